The van der Waals surface area contributed by atoms with E-state index in [4.69, 9.17) is 9.73 Å². The van der Waals surface area contributed by atoms with E-state index in [-0.39, 0.29) is 24.9 Å². The normalized spacial score (nSPS) is 17.2. The molecule has 0 bridgehead atoms. The fraction of sp³-hybridized carbons (Fsp3) is 0.296. The Morgan fingerprint density at radius 3 is 2.59 bits per heavy atom. The lowest BCUT2D eigenvalue weighted by Crippen LogP contribution is -2.38. The summed E-state index contributed by atoms with van der Waals surface area (Å²) in [7, 11) is 0. The maximum absolute atomic E-state index is 13.1. The van der Waals surface area contributed by atoms with E-state index in [1.54, 1.807) is 6.92 Å². The average molecular weight is 476 g/mol. The van der Waals surface area contributed by atoms with Gasteiger partial charge in [-0.2, -0.15) is 0 Å². The molecule has 0 spiro atoms. The summed E-state index contributed by atoms with van der Waals surface area (Å²) in [6.07, 6.45) is 0.190. The first-order valence-electron chi connectivity index (χ1n) is 11.4. The number of hydrogen-bond donors (Lipinski definition) is 1. The van der Waals surface area contributed by atoms with Gasteiger partial charge in [-0.25, -0.2) is 9.79 Å². The van der Waals surface area contributed by atoms with Gasteiger partial charge in [-0.3, -0.25) is 4.79 Å². The van der Waals surface area contributed by atoms with Crippen molar-refractivity contribution in [3.05, 3.63) is 93.2 Å². The molecule has 0 aliphatic carbocycles. The Bertz CT molecular complexity index is 1200. The zero-order valence-electron chi connectivity index (χ0n) is 19.9. The fourth-order valence-electron chi connectivity index (χ4n) is 4.29. The van der Waals surface area contributed by atoms with Crippen LogP contribution in [0.3, 0.4) is 0 Å². The maximum Gasteiger partial charge on any atom is 0.338 e. The molecule has 0 fully saturated rings. The van der Waals surface area contributed by atoms with Gasteiger partial charge in [0.15, 0.2) is 5.17 Å². The standard InChI is InChI=1S/C27H29N3O3S/c1-5-33-26(32)24-19(4)29-27-30(25(24)22-12-11-17(2)13-18(22)3)21(16-34-27)14-23(31)28-15-20-9-7-6-8-10-20/h6-13,16,25H,5,14-15H2,1-4H3,(H,28,31). The van der Waals surface area contributed by atoms with Crippen molar-refractivity contribution in [1.82, 2.24) is 10.2 Å². The molecule has 2 aliphatic heterocycles. The third-order valence-electron chi connectivity index (χ3n) is 5.89. The second-order valence-electron chi connectivity index (χ2n) is 8.41. The molecule has 0 saturated heterocycles. The lowest BCUT2D eigenvalue weighted by atomic mass is 9.90. The molecule has 1 amide bonds. The van der Waals surface area contributed by atoms with Gasteiger partial charge in [0, 0.05) is 12.2 Å². The molecule has 176 valence electrons. The number of carbonyl (C=O) groups is 2. The highest BCUT2D eigenvalue weighted by Gasteiger charge is 2.41. The molecule has 1 N–H and O–H groups in total. The highest BCUT2D eigenvalue weighted by Crippen LogP contribution is 2.45. The average Bonchev–Trinajstić information content (AvgIpc) is 3.19. The Morgan fingerprint density at radius 1 is 1.12 bits per heavy atom. The van der Waals surface area contributed by atoms with Crippen LogP contribution in [-0.4, -0.2) is 28.6 Å². The summed E-state index contributed by atoms with van der Waals surface area (Å²) in [5.41, 5.74) is 6.23. The second-order valence-corrected chi connectivity index (χ2v) is 9.25. The number of benzene rings is 2. The number of aryl methyl sites for hydroxylation is 2. The smallest absolute Gasteiger partial charge is 0.338 e. The number of allylic oxidation sites excluding steroid dienone is 1. The Labute approximate surface area is 204 Å². The molecule has 6 nitrogen and oxygen atoms in total. The minimum Gasteiger partial charge on any atom is -0.463 e. The quantitative estimate of drug-likeness (QED) is 0.561. The molecule has 2 aromatic rings. The zero-order valence-corrected chi connectivity index (χ0v) is 20.7. The number of nitrogens with one attached hydrogen (secondary N) is 1. The number of hydrogen-bond acceptors (Lipinski definition) is 6. The Kier molecular flexibility index (Phi) is 7.22. The van der Waals surface area contributed by atoms with Crippen molar-refractivity contribution < 1.29 is 14.3 Å². The maximum atomic E-state index is 13.1. The summed E-state index contributed by atoms with van der Waals surface area (Å²) in [4.78, 5) is 32.6. The van der Waals surface area contributed by atoms with E-state index in [0.717, 1.165) is 33.1 Å². The largest absolute Gasteiger partial charge is 0.463 e. The molecule has 0 aromatic heterocycles. The van der Waals surface area contributed by atoms with Crippen molar-refractivity contribution in [1.29, 1.82) is 0 Å². The first-order chi connectivity index (χ1) is 16.4. The van der Waals surface area contributed by atoms with Crippen molar-refractivity contribution in [2.45, 2.75) is 46.7 Å². The summed E-state index contributed by atoms with van der Waals surface area (Å²) < 4.78 is 5.42. The van der Waals surface area contributed by atoms with Crippen molar-refractivity contribution in [2.24, 2.45) is 4.99 Å². The molecule has 1 unspecified atom stereocenters. The van der Waals surface area contributed by atoms with Crippen LogP contribution in [0.5, 0.6) is 0 Å². The number of amidine groups is 1. The molecule has 0 saturated carbocycles. The highest BCUT2D eigenvalue weighted by atomic mass is 32.2. The highest BCUT2D eigenvalue weighted by molar-refractivity contribution is 8.16. The molecule has 1 atom stereocenters. The number of amides is 1. The van der Waals surface area contributed by atoms with E-state index in [9.17, 15) is 9.59 Å². The molecule has 4 rings (SSSR count). The van der Waals surface area contributed by atoms with Crippen LogP contribution in [0.2, 0.25) is 0 Å². The third-order valence-corrected chi connectivity index (χ3v) is 6.78. The molecule has 0 radical (unpaired) electrons. The van der Waals surface area contributed by atoms with Crippen LogP contribution in [0.25, 0.3) is 0 Å². The predicted octanol–water partition coefficient (Wildman–Crippen LogP) is 5.15. The summed E-state index contributed by atoms with van der Waals surface area (Å²) in [5.74, 6) is -0.460. The third kappa shape index (κ3) is 4.94. The molecular formula is C27H29N3O3S. The molecular weight excluding hydrogens is 446 g/mol. The Balaban J connectivity index is 1.64. The number of carbonyl (C=O) groups excluding carboxylic acids is 2. The van der Waals surface area contributed by atoms with Gasteiger partial charge in [0.2, 0.25) is 5.91 Å². The van der Waals surface area contributed by atoms with E-state index in [0.29, 0.717) is 17.8 Å². The molecule has 2 heterocycles. The minimum absolute atomic E-state index is 0.0831. The zero-order chi connectivity index (χ0) is 24.2. The van der Waals surface area contributed by atoms with Gasteiger partial charge in [-0.05, 0) is 49.8 Å². The monoisotopic (exact) mass is 475 g/mol. The number of ether oxygens (including phenoxy) is 1. The van der Waals surface area contributed by atoms with Gasteiger partial charge in [0.25, 0.3) is 0 Å². The van der Waals surface area contributed by atoms with Crippen molar-refractivity contribution >= 4 is 28.8 Å². The van der Waals surface area contributed by atoms with Crippen molar-refractivity contribution in [3.63, 3.8) is 0 Å². The van der Waals surface area contributed by atoms with Gasteiger partial charge >= 0.3 is 5.97 Å². The number of thioether (sulfide) groups is 1. The van der Waals surface area contributed by atoms with Gasteiger partial charge in [0.05, 0.1) is 30.3 Å². The topological polar surface area (TPSA) is 71.0 Å². The summed E-state index contributed by atoms with van der Waals surface area (Å²) in [6.45, 7) is 8.49. The molecule has 7 heteroatoms. The van der Waals surface area contributed by atoms with Gasteiger partial charge < -0.3 is 15.0 Å². The number of rotatable bonds is 7. The molecule has 2 aromatic carbocycles. The van der Waals surface area contributed by atoms with Gasteiger partial charge in [0.1, 0.15) is 0 Å². The molecule has 34 heavy (non-hydrogen) atoms. The fourth-order valence-corrected chi connectivity index (χ4v) is 5.25. The van der Waals surface area contributed by atoms with Crippen LogP contribution in [-0.2, 0) is 20.9 Å². The van der Waals surface area contributed by atoms with Crippen LogP contribution in [0.1, 0.15) is 48.6 Å². The van der Waals surface area contributed by atoms with Gasteiger partial charge in [-0.1, -0.05) is 65.9 Å². The predicted molar refractivity (Wildman–Crippen MR) is 136 cm³/mol. The SMILES string of the molecule is CCOC(=O)C1=C(C)N=C2SC=C(CC(=O)NCc3ccccc3)N2C1c1ccc(C)cc1C. The Hall–Kier alpha value is -3.32. The van der Waals surface area contributed by atoms with E-state index < -0.39 is 6.04 Å². The summed E-state index contributed by atoms with van der Waals surface area (Å²) in [6, 6.07) is 15.6. The van der Waals surface area contributed by atoms with Crippen molar-refractivity contribution in [2.75, 3.05) is 6.61 Å². The molecule has 2 aliphatic rings. The van der Waals surface area contributed by atoms with E-state index in [2.05, 4.69) is 17.4 Å². The summed E-state index contributed by atoms with van der Waals surface area (Å²) in [5, 5.41) is 5.72. The van der Waals surface area contributed by atoms with Crippen LogP contribution < -0.4 is 5.32 Å². The second kappa shape index (κ2) is 10.3. The summed E-state index contributed by atoms with van der Waals surface area (Å²) >= 11 is 1.48. The first-order valence-corrected chi connectivity index (χ1v) is 12.3. The first kappa shape index (κ1) is 23.8. The minimum atomic E-state index is -0.407. The van der Waals surface area contributed by atoms with E-state index in [1.165, 1.54) is 11.8 Å². The van der Waals surface area contributed by atoms with Crippen LogP contribution in [0.15, 0.2) is 75.9 Å². The number of esters is 1. The number of aliphatic imine (C=N–C) groups is 1. The van der Waals surface area contributed by atoms with Crippen LogP contribution in [0, 0.1) is 13.8 Å². The van der Waals surface area contributed by atoms with E-state index in [1.807, 2.05) is 67.5 Å². The lowest BCUT2D eigenvalue weighted by molar-refractivity contribution is -0.139. The number of fused-ring (bicyclic) bond motifs is 1. The van der Waals surface area contributed by atoms with Crippen molar-refractivity contribution in [3.8, 4) is 0 Å². The van der Waals surface area contributed by atoms with Gasteiger partial charge in [-0.15, -0.1) is 0 Å². The van der Waals surface area contributed by atoms with E-state index >= 15 is 0 Å². The Morgan fingerprint density at radius 2 is 1.88 bits per heavy atom. The lowest BCUT2D eigenvalue weighted by Gasteiger charge is -2.37. The van der Waals surface area contributed by atoms with Crippen LogP contribution in [0.4, 0.5) is 0 Å². The number of nitrogens with zero attached hydrogens (tertiary/aromatic N) is 2. The van der Waals surface area contributed by atoms with Crippen LogP contribution >= 0.6 is 11.8 Å².